The van der Waals surface area contributed by atoms with Crippen molar-refractivity contribution in [1.29, 1.82) is 0 Å². The number of alkyl halides is 6. The fourth-order valence-electron chi connectivity index (χ4n) is 6.25. The van der Waals surface area contributed by atoms with Crippen LogP contribution in [-0.2, 0) is 31.5 Å². The topological polar surface area (TPSA) is 87.2 Å². The third-order valence-electron chi connectivity index (χ3n) is 8.99. The van der Waals surface area contributed by atoms with E-state index in [-0.39, 0.29) is 44.5 Å². The van der Waals surface area contributed by atoms with Gasteiger partial charge in [0.25, 0.3) is 5.60 Å². The number of halogens is 9. The Morgan fingerprint density at radius 3 is 1.90 bits per heavy atom. The molecule has 1 atom stereocenters. The number of hydrogen-bond acceptors (Lipinski definition) is 5. The van der Waals surface area contributed by atoms with Crippen molar-refractivity contribution in [3.05, 3.63) is 101 Å². The average molecular weight is 725 g/mol. The minimum atomic E-state index is -6.23. The Morgan fingerprint density at radius 2 is 1.37 bits per heavy atom. The predicted molar refractivity (Wildman–Crippen MR) is 155 cm³/mol. The third-order valence-corrected chi connectivity index (χ3v) is 11.5. The lowest BCUT2D eigenvalue weighted by atomic mass is 9.88. The van der Waals surface area contributed by atoms with Gasteiger partial charge in [0.1, 0.15) is 22.2 Å². The summed E-state index contributed by atoms with van der Waals surface area (Å²) in [4.78, 5) is 15.6. The van der Waals surface area contributed by atoms with Gasteiger partial charge in [0, 0.05) is 37.3 Å². The third kappa shape index (κ3) is 6.47. The maximum Gasteiger partial charge on any atom is 0.430 e. The molecule has 2 amide bonds. The molecule has 0 aromatic heterocycles. The van der Waals surface area contributed by atoms with E-state index < -0.39 is 91.3 Å². The molecule has 1 N–H and O–H groups in total. The molecule has 0 bridgehead atoms. The normalized spacial score (nSPS) is 19.8. The van der Waals surface area contributed by atoms with Gasteiger partial charge in [0.2, 0.25) is 0 Å². The zero-order valence-corrected chi connectivity index (χ0v) is 26.2. The van der Waals surface area contributed by atoms with E-state index in [2.05, 4.69) is 4.74 Å². The fraction of sp³-hybridized carbons (Fsp3) is 0.406. The van der Waals surface area contributed by atoms with Crippen molar-refractivity contribution in [1.82, 2.24) is 9.80 Å². The highest BCUT2D eigenvalue weighted by atomic mass is 32.2. The van der Waals surface area contributed by atoms with Crippen LogP contribution in [0.1, 0.15) is 36.0 Å². The molecule has 266 valence electrons. The predicted octanol–water partition coefficient (Wildman–Crippen LogP) is 6.59. The van der Waals surface area contributed by atoms with Gasteiger partial charge in [-0.25, -0.2) is 26.4 Å². The lowest BCUT2D eigenvalue weighted by molar-refractivity contribution is -0.392. The van der Waals surface area contributed by atoms with Gasteiger partial charge in [-0.15, -0.1) is 0 Å². The summed E-state index contributed by atoms with van der Waals surface area (Å²) in [5, 5.41) is 9.81. The van der Waals surface area contributed by atoms with Gasteiger partial charge in [-0.1, -0.05) is 30.3 Å². The number of sulfone groups is 1. The largest absolute Gasteiger partial charge is 0.430 e. The number of amides is 2. The van der Waals surface area contributed by atoms with Crippen LogP contribution < -0.4 is 0 Å². The van der Waals surface area contributed by atoms with Crippen molar-refractivity contribution in [2.75, 3.05) is 26.2 Å². The molecule has 0 spiro atoms. The summed E-state index contributed by atoms with van der Waals surface area (Å²) in [6.07, 6.45) is -12.9. The molecule has 2 aliphatic rings. The molecule has 0 saturated carbocycles. The van der Waals surface area contributed by atoms with Crippen LogP contribution in [0.4, 0.5) is 44.3 Å². The Labute approximate surface area is 274 Å². The number of likely N-dealkylation sites (tertiary alicyclic amines) is 2. The van der Waals surface area contributed by atoms with Crippen molar-refractivity contribution in [3.8, 4) is 0 Å². The molecule has 3 aromatic rings. The van der Waals surface area contributed by atoms with Crippen molar-refractivity contribution in [2.45, 2.75) is 59.6 Å². The van der Waals surface area contributed by atoms with Crippen LogP contribution in [0.15, 0.2) is 71.6 Å². The Balaban J connectivity index is 1.58. The Hall–Kier alpha value is -3.83. The first kappa shape index (κ1) is 36.5. The minimum Gasteiger partial charge on any atom is -0.393 e. The van der Waals surface area contributed by atoms with Crippen molar-refractivity contribution in [3.63, 3.8) is 0 Å². The molecular weight excluding hydrogens is 695 g/mol. The number of urea groups is 1. The summed E-state index contributed by atoms with van der Waals surface area (Å²) in [7, 11) is -4.62. The van der Waals surface area contributed by atoms with Crippen LogP contribution in [0, 0.1) is 17.5 Å². The molecule has 0 aliphatic carbocycles. The van der Waals surface area contributed by atoms with E-state index in [4.69, 9.17) is 0 Å². The maximum absolute atomic E-state index is 14.5. The summed E-state index contributed by atoms with van der Waals surface area (Å²) in [5.74, 6) is -3.66. The number of benzene rings is 3. The number of carbonyl (C=O) groups excluding carboxylic acids is 1. The minimum absolute atomic E-state index is 0.163. The highest BCUT2D eigenvalue weighted by molar-refractivity contribution is 7.92. The molecule has 3 aromatic carbocycles. The zero-order valence-electron chi connectivity index (χ0n) is 25.4. The van der Waals surface area contributed by atoms with Crippen molar-refractivity contribution in [2.24, 2.45) is 0 Å². The Kier molecular flexibility index (Phi) is 9.77. The van der Waals surface area contributed by atoms with Crippen molar-refractivity contribution < 1.29 is 62.6 Å². The molecule has 49 heavy (non-hydrogen) atoms. The number of nitrogens with zero attached hydrogens (tertiary/aromatic N) is 2. The van der Waals surface area contributed by atoms with Gasteiger partial charge in [0.05, 0.1) is 17.6 Å². The van der Waals surface area contributed by atoms with Gasteiger partial charge >= 0.3 is 18.4 Å². The Morgan fingerprint density at radius 1 is 0.816 bits per heavy atom. The number of carbonyl (C=O) groups is 1. The van der Waals surface area contributed by atoms with Crippen LogP contribution in [0.2, 0.25) is 0 Å². The highest BCUT2D eigenvalue weighted by Gasteiger charge is 2.73. The zero-order chi connectivity index (χ0) is 36.0. The summed E-state index contributed by atoms with van der Waals surface area (Å²) in [6.45, 7) is -2.18. The molecule has 5 rings (SSSR count). The quantitative estimate of drug-likeness (QED) is 0.220. The first-order chi connectivity index (χ1) is 22.8. The number of rotatable bonds is 7. The van der Waals surface area contributed by atoms with Crippen LogP contribution in [0.3, 0.4) is 0 Å². The number of hydrogen-bond donors (Lipinski definition) is 1. The van der Waals surface area contributed by atoms with Gasteiger partial charge in [0.15, 0.2) is 9.84 Å². The second kappa shape index (κ2) is 13.1. The van der Waals surface area contributed by atoms with Gasteiger partial charge in [-0.3, -0.25) is 0 Å². The number of aliphatic hydroxyl groups is 1. The summed E-state index contributed by atoms with van der Waals surface area (Å²) >= 11 is 0. The first-order valence-corrected chi connectivity index (χ1v) is 16.4. The highest BCUT2D eigenvalue weighted by Crippen LogP contribution is 2.54. The fourth-order valence-corrected chi connectivity index (χ4v) is 8.32. The van der Waals surface area contributed by atoms with E-state index in [1.807, 2.05) is 0 Å². The standard InChI is InChI=1S/C32H29F9N2O5S/c33-22-8-10-24(11-9-22)49(46,47)29(14-17-43(19-29)28(45)42-15-12-23(44)13-16-42)20-4-6-21(7-5-20)30(31(36,37)38,32(39,40)41)48-18-25-26(34)2-1-3-27(25)35/h1-11,23,44H,12-19H2. The number of aliphatic hydroxyl groups excluding tert-OH is 1. The van der Waals surface area contributed by atoms with E-state index in [0.29, 0.717) is 24.3 Å². The number of piperidine rings is 1. The first-order valence-electron chi connectivity index (χ1n) is 14.9. The molecular formula is C32H29F9N2O5S. The average Bonchev–Trinajstić information content (AvgIpc) is 3.49. The summed E-state index contributed by atoms with van der Waals surface area (Å²) in [5.41, 5.74) is -8.11. The van der Waals surface area contributed by atoms with E-state index >= 15 is 0 Å². The molecule has 17 heteroatoms. The molecule has 1 unspecified atom stereocenters. The summed E-state index contributed by atoms with van der Waals surface area (Å²) < 4.78 is 160. The van der Waals surface area contributed by atoms with Gasteiger partial charge in [-0.2, -0.15) is 26.3 Å². The second-order valence-electron chi connectivity index (χ2n) is 11.9. The molecule has 7 nitrogen and oxygen atoms in total. The van der Waals surface area contributed by atoms with Crippen LogP contribution in [0.25, 0.3) is 0 Å². The lowest BCUT2D eigenvalue weighted by Crippen LogP contribution is -2.56. The van der Waals surface area contributed by atoms with E-state index in [1.165, 1.54) is 9.80 Å². The maximum atomic E-state index is 14.5. The Bertz CT molecular complexity index is 1740. The lowest BCUT2D eigenvalue weighted by Gasteiger charge is -2.38. The molecule has 2 aliphatic heterocycles. The molecule has 0 radical (unpaired) electrons. The van der Waals surface area contributed by atoms with E-state index in [1.54, 1.807) is 0 Å². The van der Waals surface area contributed by atoms with Crippen molar-refractivity contribution >= 4 is 15.9 Å². The van der Waals surface area contributed by atoms with Gasteiger partial charge < -0.3 is 19.6 Å². The summed E-state index contributed by atoms with van der Waals surface area (Å²) in [6, 6.07) is 7.36. The SMILES string of the molecule is O=C(N1CCC(O)CC1)N1CCC(c2ccc(C(OCc3c(F)cccc3F)(C(F)(F)F)C(F)(F)F)cc2)(S(=O)(=O)c2ccc(F)cc2)C1. The molecule has 2 saturated heterocycles. The van der Waals surface area contributed by atoms with E-state index in [0.717, 1.165) is 42.5 Å². The monoisotopic (exact) mass is 724 g/mol. The van der Waals surface area contributed by atoms with Crippen LogP contribution >= 0.6 is 0 Å². The molecule has 2 fully saturated rings. The smallest absolute Gasteiger partial charge is 0.393 e. The number of ether oxygens (including phenoxy) is 1. The second-order valence-corrected chi connectivity index (χ2v) is 14.1. The molecule has 2 heterocycles. The van der Waals surface area contributed by atoms with E-state index in [9.17, 15) is 57.8 Å². The van der Waals surface area contributed by atoms with Crippen LogP contribution in [-0.4, -0.2) is 74.0 Å². The van der Waals surface area contributed by atoms with Crippen LogP contribution in [0.5, 0.6) is 0 Å². The van der Waals surface area contributed by atoms with Gasteiger partial charge in [-0.05, 0) is 61.2 Å².